The molecule has 86 valence electrons. The van der Waals surface area contributed by atoms with Crippen LogP contribution in [0.15, 0.2) is 41.6 Å². The van der Waals surface area contributed by atoms with E-state index in [0.717, 1.165) is 0 Å². The van der Waals surface area contributed by atoms with Gasteiger partial charge < -0.3 is 0 Å². The number of anilines is 1. The molecular formula is C10H8N4O2S. The standard InChI is InChI=1S/C10H8N4O2S/c11-5-8-3-1-2-4-10(8)14-17(15,16)9-6-12-13-7-9/h1-4,6-7,14H,(H,12,13). The Hall–Kier alpha value is -2.33. The van der Waals surface area contributed by atoms with Crippen molar-refractivity contribution < 1.29 is 8.42 Å². The summed E-state index contributed by atoms with van der Waals surface area (Å²) in [6.45, 7) is 0. The van der Waals surface area contributed by atoms with Crippen LogP contribution in [0.2, 0.25) is 0 Å². The summed E-state index contributed by atoms with van der Waals surface area (Å²) >= 11 is 0. The predicted molar refractivity (Wildman–Crippen MR) is 60.6 cm³/mol. The largest absolute Gasteiger partial charge is 0.284 e. The maximum absolute atomic E-state index is 11.9. The fraction of sp³-hybridized carbons (Fsp3) is 0. The number of nitrogens with zero attached hydrogens (tertiary/aromatic N) is 2. The molecule has 0 saturated heterocycles. The Morgan fingerprint density at radius 3 is 2.76 bits per heavy atom. The second-order valence-electron chi connectivity index (χ2n) is 3.20. The Labute approximate surface area is 98.0 Å². The lowest BCUT2D eigenvalue weighted by Gasteiger charge is -2.06. The molecule has 0 aliphatic heterocycles. The molecule has 0 atom stereocenters. The van der Waals surface area contributed by atoms with Crippen molar-refractivity contribution in [3.05, 3.63) is 42.2 Å². The molecule has 17 heavy (non-hydrogen) atoms. The highest BCUT2D eigenvalue weighted by Crippen LogP contribution is 2.18. The van der Waals surface area contributed by atoms with Gasteiger partial charge in [-0.15, -0.1) is 0 Å². The molecule has 1 aromatic carbocycles. The molecule has 0 spiro atoms. The van der Waals surface area contributed by atoms with Crippen molar-refractivity contribution in [3.8, 4) is 6.07 Å². The van der Waals surface area contributed by atoms with Gasteiger partial charge >= 0.3 is 0 Å². The number of sulfonamides is 1. The number of aromatic amines is 1. The van der Waals surface area contributed by atoms with E-state index in [4.69, 9.17) is 5.26 Å². The number of hydrogen-bond donors (Lipinski definition) is 2. The van der Waals surface area contributed by atoms with Gasteiger partial charge in [-0.2, -0.15) is 10.4 Å². The fourth-order valence-electron chi connectivity index (χ4n) is 1.26. The van der Waals surface area contributed by atoms with Gasteiger partial charge in [0.25, 0.3) is 10.0 Å². The average molecular weight is 248 g/mol. The molecule has 0 fully saturated rings. The molecule has 0 aliphatic carbocycles. The zero-order valence-corrected chi connectivity index (χ0v) is 9.40. The fourth-order valence-corrected chi connectivity index (χ4v) is 2.24. The van der Waals surface area contributed by atoms with E-state index in [1.165, 1.54) is 24.5 Å². The van der Waals surface area contributed by atoms with Crippen molar-refractivity contribution >= 4 is 15.7 Å². The zero-order valence-electron chi connectivity index (χ0n) is 8.58. The van der Waals surface area contributed by atoms with E-state index in [1.807, 2.05) is 6.07 Å². The lowest BCUT2D eigenvalue weighted by atomic mass is 10.2. The first-order valence-corrected chi connectivity index (χ1v) is 6.12. The molecule has 1 aromatic heterocycles. The third-order valence-corrected chi connectivity index (χ3v) is 3.41. The van der Waals surface area contributed by atoms with Crippen LogP contribution >= 0.6 is 0 Å². The number of aromatic nitrogens is 2. The highest BCUT2D eigenvalue weighted by molar-refractivity contribution is 7.92. The molecule has 0 unspecified atom stereocenters. The highest BCUT2D eigenvalue weighted by atomic mass is 32.2. The second-order valence-corrected chi connectivity index (χ2v) is 4.88. The summed E-state index contributed by atoms with van der Waals surface area (Å²) in [6, 6.07) is 8.28. The van der Waals surface area contributed by atoms with Gasteiger partial charge in [-0.25, -0.2) is 8.42 Å². The number of nitrogens with one attached hydrogen (secondary N) is 2. The SMILES string of the molecule is N#Cc1ccccc1NS(=O)(=O)c1cn[nH]c1. The van der Waals surface area contributed by atoms with Gasteiger partial charge in [-0.05, 0) is 12.1 Å². The lowest BCUT2D eigenvalue weighted by molar-refractivity contribution is 0.601. The van der Waals surface area contributed by atoms with Gasteiger partial charge in [0.2, 0.25) is 0 Å². The molecule has 0 aliphatic rings. The van der Waals surface area contributed by atoms with Gasteiger partial charge in [0.1, 0.15) is 11.0 Å². The van der Waals surface area contributed by atoms with Gasteiger partial charge in [-0.3, -0.25) is 9.82 Å². The van der Waals surface area contributed by atoms with Crippen LogP contribution in [0.3, 0.4) is 0 Å². The summed E-state index contributed by atoms with van der Waals surface area (Å²) in [5.74, 6) is 0. The molecule has 0 radical (unpaired) electrons. The molecule has 0 bridgehead atoms. The van der Waals surface area contributed by atoms with Gasteiger partial charge in [0.05, 0.1) is 17.4 Å². The number of benzene rings is 1. The van der Waals surface area contributed by atoms with Crippen LogP contribution in [0.25, 0.3) is 0 Å². The molecule has 1 heterocycles. The maximum atomic E-state index is 11.9. The molecule has 7 heteroatoms. The van der Waals surface area contributed by atoms with Crippen molar-refractivity contribution in [2.75, 3.05) is 4.72 Å². The Morgan fingerprint density at radius 2 is 2.12 bits per heavy atom. The zero-order chi connectivity index (χ0) is 12.3. The first-order valence-electron chi connectivity index (χ1n) is 4.64. The highest BCUT2D eigenvalue weighted by Gasteiger charge is 2.16. The average Bonchev–Trinajstić information content (AvgIpc) is 2.83. The molecule has 0 amide bonds. The van der Waals surface area contributed by atoms with E-state index in [2.05, 4.69) is 14.9 Å². The van der Waals surface area contributed by atoms with Crippen LogP contribution in [-0.4, -0.2) is 18.6 Å². The van der Waals surface area contributed by atoms with E-state index in [1.54, 1.807) is 12.1 Å². The Morgan fingerprint density at radius 1 is 1.35 bits per heavy atom. The van der Waals surface area contributed by atoms with Crippen LogP contribution in [0.1, 0.15) is 5.56 Å². The number of hydrogen-bond acceptors (Lipinski definition) is 4. The normalized spacial score (nSPS) is 10.8. The van der Waals surface area contributed by atoms with Crippen molar-refractivity contribution in [1.29, 1.82) is 5.26 Å². The smallest absolute Gasteiger partial charge is 0.265 e. The number of para-hydroxylation sites is 1. The molecular weight excluding hydrogens is 240 g/mol. The second kappa shape index (κ2) is 4.27. The van der Waals surface area contributed by atoms with Crippen LogP contribution in [0, 0.1) is 11.3 Å². The van der Waals surface area contributed by atoms with E-state index in [9.17, 15) is 8.42 Å². The molecule has 2 N–H and O–H groups in total. The van der Waals surface area contributed by atoms with Crippen molar-refractivity contribution in [1.82, 2.24) is 10.2 Å². The van der Waals surface area contributed by atoms with E-state index in [0.29, 0.717) is 0 Å². The molecule has 0 saturated carbocycles. The third kappa shape index (κ3) is 2.26. The third-order valence-electron chi connectivity index (χ3n) is 2.08. The molecule has 2 rings (SSSR count). The summed E-state index contributed by atoms with van der Waals surface area (Å²) in [5, 5.41) is 14.8. The maximum Gasteiger partial charge on any atom is 0.265 e. The van der Waals surface area contributed by atoms with Crippen molar-refractivity contribution in [2.45, 2.75) is 4.90 Å². The van der Waals surface area contributed by atoms with Crippen LogP contribution in [0.4, 0.5) is 5.69 Å². The summed E-state index contributed by atoms with van der Waals surface area (Å²) < 4.78 is 26.0. The topological polar surface area (TPSA) is 98.6 Å². The van der Waals surface area contributed by atoms with Crippen LogP contribution < -0.4 is 4.72 Å². The minimum atomic E-state index is -3.70. The number of rotatable bonds is 3. The van der Waals surface area contributed by atoms with E-state index >= 15 is 0 Å². The number of nitriles is 1. The summed E-state index contributed by atoms with van der Waals surface area (Å²) in [6.07, 6.45) is 2.45. The van der Waals surface area contributed by atoms with E-state index < -0.39 is 10.0 Å². The minimum absolute atomic E-state index is 0.0187. The van der Waals surface area contributed by atoms with Crippen molar-refractivity contribution in [2.24, 2.45) is 0 Å². The lowest BCUT2D eigenvalue weighted by Crippen LogP contribution is -2.13. The van der Waals surface area contributed by atoms with Crippen LogP contribution in [0.5, 0.6) is 0 Å². The van der Waals surface area contributed by atoms with Gasteiger partial charge in [0.15, 0.2) is 0 Å². The van der Waals surface area contributed by atoms with E-state index in [-0.39, 0.29) is 16.1 Å². The van der Waals surface area contributed by atoms with Crippen LogP contribution in [-0.2, 0) is 10.0 Å². The Bertz CT molecular complexity index is 656. The Kier molecular flexibility index (Phi) is 2.80. The first kappa shape index (κ1) is 11.2. The monoisotopic (exact) mass is 248 g/mol. The van der Waals surface area contributed by atoms with Crippen molar-refractivity contribution in [3.63, 3.8) is 0 Å². The predicted octanol–water partition coefficient (Wildman–Crippen LogP) is 1.08. The quantitative estimate of drug-likeness (QED) is 0.849. The van der Waals surface area contributed by atoms with Gasteiger partial charge in [-0.1, -0.05) is 12.1 Å². The number of H-pyrrole nitrogens is 1. The molecule has 6 nitrogen and oxygen atoms in total. The summed E-state index contributed by atoms with van der Waals surface area (Å²) in [4.78, 5) is 0.0187. The minimum Gasteiger partial charge on any atom is -0.284 e. The first-order chi connectivity index (χ1) is 8.13. The summed E-state index contributed by atoms with van der Waals surface area (Å²) in [7, 11) is -3.70. The Balaban J connectivity index is 2.37. The summed E-state index contributed by atoms with van der Waals surface area (Å²) in [5.41, 5.74) is 0.510. The molecule has 2 aromatic rings. The van der Waals surface area contributed by atoms with Gasteiger partial charge in [0, 0.05) is 6.20 Å².